The Morgan fingerprint density at radius 2 is 2.00 bits per heavy atom. The number of anilines is 1. The quantitative estimate of drug-likeness (QED) is 0.899. The molecule has 0 amide bonds. The maximum Gasteiger partial charge on any atom is 0.241 e. The lowest BCUT2D eigenvalue weighted by molar-refractivity contribution is 0.576. The van der Waals surface area contributed by atoms with E-state index in [1.165, 1.54) is 18.2 Å². The fraction of sp³-hybridized carbons (Fsp3) is 0.333. The minimum Gasteiger partial charge on any atom is -0.341 e. The van der Waals surface area contributed by atoms with E-state index in [0.29, 0.717) is 11.6 Å². The van der Waals surface area contributed by atoms with Crippen molar-refractivity contribution in [1.82, 2.24) is 14.7 Å². The van der Waals surface area contributed by atoms with Crippen molar-refractivity contribution < 1.29 is 12.8 Å². The fourth-order valence-corrected chi connectivity index (χ4v) is 3.47. The fourth-order valence-electron chi connectivity index (χ4n) is 2.44. The zero-order valence-electron chi connectivity index (χ0n) is 12.4. The first-order chi connectivity index (χ1) is 11.0. The zero-order chi connectivity index (χ0) is 16.3. The Bertz CT molecular complexity index is 792. The van der Waals surface area contributed by atoms with Crippen LogP contribution in [0.15, 0.2) is 41.4 Å². The molecule has 3 rings (SSSR count). The summed E-state index contributed by atoms with van der Waals surface area (Å²) in [5.41, 5.74) is 0.571. The van der Waals surface area contributed by atoms with Gasteiger partial charge in [-0.15, -0.1) is 0 Å². The van der Waals surface area contributed by atoms with E-state index in [1.54, 1.807) is 12.3 Å². The molecule has 1 N–H and O–H groups in total. The molecule has 1 aromatic heterocycles. The van der Waals surface area contributed by atoms with Crippen molar-refractivity contribution in [2.24, 2.45) is 0 Å². The van der Waals surface area contributed by atoms with Crippen LogP contribution in [0.2, 0.25) is 0 Å². The molecule has 122 valence electrons. The Morgan fingerprint density at radius 1 is 1.22 bits per heavy atom. The first-order valence-electron chi connectivity index (χ1n) is 7.37. The van der Waals surface area contributed by atoms with Crippen LogP contribution >= 0.6 is 0 Å². The van der Waals surface area contributed by atoms with E-state index < -0.39 is 15.8 Å². The predicted molar refractivity (Wildman–Crippen MR) is 83.9 cm³/mol. The molecule has 1 saturated heterocycles. The first-order valence-corrected chi connectivity index (χ1v) is 8.85. The van der Waals surface area contributed by atoms with Gasteiger partial charge in [-0.25, -0.2) is 27.5 Å². The van der Waals surface area contributed by atoms with Crippen LogP contribution in [0.4, 0.5) is 10.3 Å². The van der Waals surface area contributed by atoms with Gasteiger partial charge in [-0.05, 0) is 37.1 Å². The number of hydrogen-bond acceptors (Lipinski definition) is 5. The van der Waals surface area contributed by atoms with Crippen molar-refractivity contribution in [3.63, 3.8) is 0 Å². The normalized spacial score (nSPS) is 15.1. The number of benzene rings is 1. The van der Waals surface area contributed by atoms with Gasteiger partial charge in [0.1, 0.15) is 5.82 Å². The van der Waals surface area contributed by atoms with Crippen molar-refractivity contribution >= 4 is 16.0 Å². The monoisotopic (exact) mass is 336 g/mol. The van der Waals surface area contributed by atoms with Gasteiger partial charge in [0.2, 0.25) is 16.0 Å². The molecule has 2 aromatic rings. The van der Waals surface area contributed by atoms with Crippen LogP contribution in [0, 0.1) is 5.82 Å². The summed E-state index contributed by atoms with van der Waals surface area (Å²) in [6.45, 7) is 1.86. The third kappa shape index (κ3) is 3.83. The van der Waals surface area contributed by atoms with Gasteiger partial charge >= 0.3 is 0 Å². The van der Waals surface area contributed by atoms with Crippen LogP contribution in [0.25, 0.3) is 0 Å². The Hall–Kier alpha value is -2.06. The second-order valence-electron chi connectivity index (χ2n) is 5.32. The molecular weight excluding hydrogens is 319 g/mol. The molecular formula is C15H17FN4O2S. The number of hydrogen-bond donors (Lipinski definition) is 1. The average molecular weight is 336 g/mol. The lowest BCUT2D eigenvalue weighted by Crippen LogP contribution is -2.25. The van der Waals surface area contributed by atoms with Gasteiger partial charge in [-0.2, -0.15) is 0 Å². The summed E-state index contributed by atoms with van der Waals surface area (Å²) in [4.78, 5) is 10.6. The van der Waals surface area contributed by atoms with Gasteiger partial charge in [0.25, 0.3) is 0 Å². The molecule has 0 aliphatic carbocycles. The number of rotatable bonds is 5. The first kappa shape index (κ1) is 15.8. The maximum atomic E-state index is 13.2. The smallest absolute Gasteiger partial charge is 0.241 e. The van der Waals surface area contributed by atoms with Crippen molar-refractivity contribution in [3.8, 4) is 0 Å². The second-order valence-corrected chi connectivity index (χ2v) is 7.09. The van der Waals surface area contributed by atoms with Gasteiger partial charge in [-0.3, -0.25) is 0 Å². The highest BCUT2D eigenvalue weighted by atomic mass is 32.2. The molecule has 0 bridgehead atoms. The molecule has 1 aliphatic rings. The van der Waals surface area contributed by atoms with Crippen LogP contribution in [0.3, 0.4) is 0 Å². The summed E-state index contributed by atoms with van der Waals surface area (Å²) in [6.07, 6.45) is 3.84. The summed E-state index contributed by atoms with van der Waals surface area (Å²) in [6, 6.07) is 6.55. The van der Waals surface area contributed by atoms with Gasteiger partial charge in [0.05, 0.1) is 17.1 Å². The largest absolute Gasteiger partial charge is 0.341 e. The maximum absolute atomic E-state index is 13.2. The van der Waals surface area contributed by atoms with Crippen molar-refractivity contribution in [1.29, 1.82) is 0 Å². The SMILES string of the molecule is O=S(=O)(NCc1ccnc(N2CCCC2)n1)c1cccc(F)c1. The summed E-state index contributed by atoms with van der Waals surface area (Å²) < 4.78 is 39.9. The third-order valence-corrected chi connectivity index (χ3v) is 5.04. The molecule has 0 atom stereocenters. The van der Waals surface area contributed by atoms with E-state index in [2.05, 4.69) is 19.6 Å². The topological polar surface area (TPSA) is 75.2 Å². The van der Waals surface area contributed by atoms with E-state index in [1.807, 2.05) is 0 Å². The predicted octanol–water partition coefficient (Wildman–Crippen LogP) is 1.69. The van der Waals surface area contributed by atoms with Crippen molar-refractivity contribution in [3.05, 3.63) is 48.0 Å². The molecule has 0 unspecified atom stereocenters. The molecule has 1 aromatic carbocycles. The zero-order valence-corrected chi connectivity index (χ0v) is 13.3. The van der Waals surface area contributed by atoms with Crippen LogP contribution < -0.4 is 9.62 Å². The van der Waals surface area contributed by atoms with Crippen LogP contribution in [-0.4, -0.2) is 31.5 Å². The summed E-state index contributed by atoms with van der Waals surface area (Å²) in [5.74, 6) is 0.0242. The average Bonchev–Trinajstić information content (AvgIpc) is 3.08. The van der Waals surface area contributed by atoms with Gasteiger partial charge in [-0.1, -0.05) is 6.07 Å². The Kier molecular flexibility index (Phi) is 4.53. The number of sulfonamides is 1. The molecule has 1 aliphatic heterocycles. The molecule has 0 spiro atoms. The third-order valence-electron chi connectivity index (χ3n) is 3.64. The van der Waals surface area contributed by atoms with Crippen LogP contribution in [-0.2, 0) is 16.6 Å². The lowest BCUT2D eigenvalue weighted by atomic mass is 10.4. The summed E-state index contributed by atoms with van der Waals surface area (Å²) >= 11 is 0. The van der Waals surface area contributed by atoms with Crippen molar-refractivity contribution in [2.45, 2.75) is 24.3 Å². The van der Waals surface area contributed by atoms with Crippen LogP contribution in [0.5, 0.6) is 0 Å². The molecule has 8 heteroatoms. The minimum absolute atomic E-state index is 0.0300. The highest BCUT2D eigenvalue weighted by molar-refractivity contribution is 7.89. The Labute approximate surface area is 134 Å². The highest BCUT2D eigenvalue weighted by Crippen LogP contribution is 2.16. The van der Waals surface area contributed by atoms with E-state index in [-0.39, 0.29) is 11.4 Å². The van der Waals surface area contributed by atoms with Crippen molar-refractivity contribution in [2.75, 3.05) is 18.0 Å². The number of nitrogens with one attached hydrogen (secondary N) is 1. The van der Waals surface area contributed by atoms with E-state index >= 15 is 0 Å². The van der Waals surface area contributed by atoms with Gasteiger partial charge in [0.15, 0.2) is 0 Å². The van der Waals surface area contributed by atoms with E-state index in [9.17, 15) is 12.8 Å². The lowest BCUT2D eigenvalue weighted by Gasteiger charge is -2.15. The van der Waals surface area contributed by atoms with E-state index in [0.717, 1.165) is 32.0 Å². The number of halogens is 1. The van der Waals surface area contributed by atoms with Crippen LogP contribution in [0.1, 0.15) is 18.5 Å². The van der Waals surface area contributed by atoms with Gasteiger partial charge < -0.3 is 4.90 Å². The molecule has 23 heavy (non-hydrogen) atoms. The molecule has 0 radical (unpaired) electrons. The van der Waals surface area contributed by atoms with Gasteiger partial charge in [0, 0.05) is 19.3 Å². The number of nitrogens with zero attached hydrogens (tertiary/aromatic N) is 3. The summed E-state index contributed by atoms with van der Waals surface area (Å²) in [7, 11) is -3.78. The second kappa shape index (κ2) is 6.59. The van der Waals surface area contributed by atoms with E-state index in [4.69, 9.17) is 0 Å². The number of aromatic nitrogens is 2. The standard InChI is InChI=1S/C15H17FN4O2S/c16-12-4-3-5-14(10-12)23(21,22)18-11-13-6-7-17-15(19-13)20-8-1-2-9-20/h3-7,10,18H,1-2,8-9,11H2. The minimum atomic E-state index is -3.78. The Balaban J connectivity index is 1.71. The molecule has 1 fully saturated rings. The highest BCUT2D eigenvalue weighted by Gasteiger charge is 2.17. The summed E-state index contributed by atoms with van der Waals surface area (Å²) in [5, 5.41) is 0. The Morgan fingerprint density at radius 3 is 2.74 bits per heavy atom. The molecule has 6 nitrogen and oxygen atoms in total. The molecule has 2 heterocycles. The molecule has 0 saturated carbocycles.